The van der Waals surface area contributed by atoms with E-state index in [1.807, 2.05) is 32.2 Å². The van der Waals surface area contributed by atoms with Gasteiger partial charge in [0.25, 0.3) is 0 Å². The lowest BCUT2D eigenvalue weighted by Crippen LogP contribution is -2.26. The molecule has 2 atom stereocenters. The average Bonchev–Trinajstić information content (AvgIpc) is 2.36. The minimum atomic E-state index is -0.496. The summed E-state index contributed by atoms with van der Waals surface area (Å²) < 4.78 is 0. The van der Waals surface area contributed by atoms with Gasteiger partial charge in [-0.1, -0.05) is 6.07 Å². The number of aliphatic hydroxyl groups is 1. The second-order valence-electron chi connectivity index (χ2n) is 4.41. The lowest BCUT2D eigenvalue weighted by molar-refractivity contribution is -0.115. The van der Waals surface area contributed by atoms with E-state index < -0.39 is 6.10 Å². The Balaban J connectivity index is 2.17. The van der Waals surface area contributed by atoms with Crippen molar-refractivity contribution in [1.29, 1.82) is 0 Å². The molecular weight excluding hydrogens is 248 g/mol. The SMILES string of the molecule is CNCCC(O)c1ccc2c(c1)NC(=O)C(C)S2. The molecule has 4 nitrogen and oxygen atoms in total. The number of fused-ring (bicyclic) bond motifs is 1. The van der Waals surface area contributed by atoms with Gasteiger partial charge < -0.3 is 15.7 Å². The fourth-order valence-corrected chi connectivity index (χ4v) is 2.81. The van der Waals surface area contributed by atoms with Crippen LogP contribution in [0.15, 0.2) is 23.1 Å². The van der Waals surface area contributed by atoms with Gasteiger partial charge in [0, 0.05) is 4.90 Å². The van der Waals surface area contributed by atoms with Crippen molar-refractivity contribution >= 4 is 23.4 Å². The number of amides is 1. The van der Waals surface area contributed by atoms with Crippen LogP contribution in [-0.2, 0) is 4.79 Å². The van der Waals surface area contributed by atoms with Gasteiger partial charge in [-0.25, -0.2) is 0 Å². The molecule has 0 spiro atoms. The van der Waals surface area contributed by atoms with Gasteiger partial charge in [-0.3, -0.25) is 4.79 Å². The van der Waals surface area contributed by atoms with Gasteiger partial charge in [0.05, 0.1) is 17.0 Å². The van der Waals surface area contributed by atoms with E-state index in [2.05, 4.69) is 10.6 Å². The highest BCUT2D eigenvalue weighted by Gasteiger charge is 2.23. The molecule has 1 amide bonds. The van der Waals surface area contributed by atoms with Crippen LogP contribution in [0.2, 0.25) is 0 Å². The molecule has 18 heavy (non-hydrogen) atoms. The average molecular weight is 266 g/mol. The number of benzene rings is 1. The zero-order chi connectivity index (χ0) is 13.1. The van der Waals surface area contributed by atoms with Crippen molar-refractivity contribution in [1.82, 2.24) is 5.32 Å². The highest BCUT2D eigenvalue weighted by Crippen LogP contribution is 2.37. The molecule has 3 N–H and O–H groups in total. The van der Waals surface area contributed by atoms with Crippen LogP contribution in [0.25, 0.3) is 0 Å². The number of thioether (sulfide) groups is 1. The Morgan fingerprint density at radius 3 is 3.06 bits per heavy atom. The fraction of sp³-hybridized carbons (Fsp3) is 0.462. The summed E-state index contributed by atoms with van der Waals surface area (Å²) in [6, 6.07) is 5.76. The normalized spacial score (nSPS) is 20.2. The lowest BCUT2D eigenvalue weighted by Gasteiger charge is -2.22. The molecule has 0 aliphatic carbocycles. The summed E-state index contributed by atoms with van der Waals surface area (Å²) in [5.41, 5.74) is 1.66. The summed E-state index contributed by atoms with van der Waals surface area (Å²) in [5.74, 6) is 0.0226. The Kier molecular flexibility index (Phi) is 4.27. The minimum absolute atomic E-state index is 0.0226. The van der Waals surface area contributed by atoms with Gasteiger partial charge in [0.2, 0.25) is 5.91 Å². The number of hydrogen-bond donors (Lipinski definition) is 3. The second-order valence-corrected chi connectivity index (χ2v) is 5.80. The van der Waals surface area contributed by atoms with E-state index in [1.165, 1.54) is 0 Å². The Morgan fingerprint density at radius 2 is 2.33 bits per heavy atom. The highest BCUT2D eigenvalue weighted by molar-refractivity contribution is 8.00. The van der Waals surface area contributed by atoms with Crippen molar-refractivity contribution < 1.29 is 9.90 Å². The third-order valence-electron chi connectivity index (χ3n) is 2.99. The molecule has 1 aliphatic rings. The summed E-state index contributed by atoms with van der Waals surface area (Å²) in [7, 11) is 1.86. The topological polar surface area (TPSA) is 61.4 Å². The van der Waals surface area contributed by atoms with E-state index in [0.717, 1.165) is 22.7 Å². The van der Waals surface area contributed by atoms with Gasteiger partial charge in [0.1, 0.15) is 0 Å². The van der Waals surface area contributed by atoms with E-state index in [9.17, 15) is 9.90 Å². The number of anilines is 1. The number of carbonyl (C=O) groups excluding carboxylic acids is 1. The Bertz CT molecular complexity index is 451. The van der Waals surface area contributed by atoms with Crippen LogP contribution in [0.4, 0.5) is 5.69 Å². The van der Waals surface area contributed by atoms with E-state index >= 15 is 0 Å². The largest absolute Gasteiger partial charge is 0.388 e. The Morgan fingerprint density at radius 1 is 1.56 bits per heavy atom. The number of carbonyl (C=O) groups is 1. The second kappa shape index (κ2) is 5.73. The first-order chi connectivity index (χ1) is 8.61. The first-order valence-corrected chi connectivity index (χ1v) is 6.94. The number of aliphatic hydroxyl groups excluding tert-OH is 1. The van der Waals surface area contributed by atoms with Crippen LogP contribution in [0.3, 0.4) is 0 Å². The fourth-order valence-electron chi connectivity index (χ4n) is 1.88. The predicted octanol–water partition coefficient (Wildman–Crippen LogP) is 1.76. The van der Waals surface area contributed by atoms with Crippen LogP contribution >= 0.6 is 11.8 Å². The summed E-state index contributed by atoms with van der Waals surface area (Å²) in [5, 5.41) is 15.8. The molecule has 5 heteroatoms. The van der Waals surface area contributed by atoms with Crippen LogP contribution in [0, 0.1) is 0 Å². The van der Waals surface area contributed by atoms with Crippen LogP contribution in [0.5, 0.6) is 0 Å². The van der Waals surface area contributed by atoms with Gasteiger partial charge in [-0.05, 0) is 44.6 Å². The van der Waals surface area contributed by atoms with E-state index in [0.29, 0.717) is 6.42 Å². The maximum Gasteiger partial charge on any atom is 0.237 e. The molecule has 0 saturated heterocycles. The van der Waals surface area contributed by atoms with Gasteiger partial charge in [-0.2, -0.15) is 0 Å². The molecule has 2 unspecified atom stereocenters. The highest BCUT2D eigenvalue weighted by atomic mass is 32.2. The summed E-state index contributed by atoms with van der Waals surface area (Å²) in [4.78, 5) is 12.7. The van der Waals surface area contributed by atoms with Crippen LogP contribution < -0.4 is 10.6 Å². The molecule has 1 heterocycles. The summed E-state index contributed by atoms with van der Waals surface area (Å²) >= 11 is 1.55. The third-order valence-corrected chi connectivity index (χ3v) is 4.16. The molecular formula is C13H18N2O2S. The van der Waals surface area contributed by atoms with Crippen LogP contribution in [-0.4, -0.2) is 29.9 Å². The zero-order valence-electron chi connectivity index (χ0n) is 10.6. The molecule has 0 aromatic heterocycles. The summed E-state index contributed by atoms with van der Waals surface area (Å²) in [6.07, 6.45) is 0.163. The van der Waals surface area contributed by atoms with Crippen molar-refractivity contribution in [3.63, 3.8) is 0 Å². The van der Waals surface area contributed by atoms with Crippen molar-refractivity contribution in [2.45, 2.75) is 29.6 Å². The van der Waals surface area contributed by atoms with Crippen molar-refractivity contribution in [2.24, 2.45) is 0 Å². The first kappa shape index (κ1) is 13.4. The molecule has 2 rings (SSSR count). The van der Waals surface area contributed by atoms with E-state index in [4.69, 9.17) is 0 Å². The smallest absolute Gasteiger partial charge is 0.237 e. The molecule has 1 aromatic carbocycles. The van der Waals surface area contributed by atoms with Gasteiger partial charge in [-0.15, -0.1) is 11.8 Å². The van der Waals surface area contributed by atoms with Crippen molar-refractivity contribution in [3.8, 4) is 0 Å². The number of rotatable bonds is 4. The van der Waals surface area contributed by atoms with Crippen LogP contribution in [0.1, 0.15) is 25.0 Å². The molecule has 0 saturated carbocycles. The number of hydrogen-bond acceptors (Lipinski definition) is 4. The third kappa shape index (κ3) is 2.85. The lowest BCUT2D eigenvalue weighted by atomic mass is 10.1. The maximum atomic E-state index is 11.6. The Hall–Kier alpha value is -1.04. The van der Waals surface area contributed by atoms with E-state index in [-0.39, 0.29) is 11.2 Å². The first-order valence-electron chi connectivity index (χ1n) is 6.06. The van der Waals surface area contributed by atoms with Crippen molar-refractivity contribution in [2.75, 3.05) is 18.9 Å². The van der Waals surface area contributed by atoms with Gasteiger partial charge in [0.15, 0.2) is 0 Å². The number of nitrogens with one attached hydrogen (secondary N) is 2. The zero-order valence-corrected chi connectivity index (χ0v) is 11.4. The molecule has 0 bridgehead atoms. The standard InChI is InChI=1S/C13H18N2O2S/c1-8-13(17)15-10-7-9(3-4-12(10)18-8)11(16)5-6-14-2/h3-4,7-8,11,14,16H,5-6H2,1-2H3,(H,15,17). The summed E-state index contributed by atoms with van der Waals surface area (Å²) in [6.45, 7) is 2.65. The maximum absolute atomic E-state index is 11.6. The molecule has 1 aliphatic heterocycles. The molecule has 0 fully saturated rings. The van der Waals surface area contributed by atoms with E-state index in [1.54, 1.807) is 11.8 Å². The quantitative estimate of drug-likeness (QED) is 0.777. The van der Waals surface area contributed by atoms with Crippen molar-refractivity contribution in [3.05, 3.63) is 23.8 Å². The van der Waals surface area contributed by atoms with Gasteiger partial charge >= 0.3 is 0 Å². The molecule has 98 valence electrons. The monoisotopic (exact) mass is 266 g/mol. The minimum Gasteiger partial charge on any atom is -0.388 e. The Labute approximate surface area is 111 Å². The molecule has 1 aromatic rings. The predicted molar refractivity (Wildman–Crippen MR) is 73.9 cm³/mol. The molecule has 0 radical (unpaired) electrons.